The second-order valence-corrected chi connectivity index (χ2v) is 7.69. The lowest BCUT2D eigenvalue weighted by atomic mass is 10.2. The molecule has 0 aromatic heterocycles. The lowest BCUT2D eigenvalue weighted by molar-refractivity contribution is 0.0730. The van der Waals surface area contributed by atoms with Gasteiger partial charge in [0.15, 0.2) is 0 Å². The summed E-state index contributed by atoms with van der Waals surface area (Å²) in [4.78, 5) is 4.62. The molecule has 0 unspecified atom stereocenters. The molecule has 1 aliphatic rings. The first-order chi connectivity index (χ1) is 11.6. The summed E-state index contributed by atoms with van der Waals surface area (Å²) in [6, 6.07) is 13.9. The van der Waals surface area contributed by atoms with Crippen molar-refractivity contribution >= 4 is 33.5 Å². The number of nitrogens with zero attached hydrogens (tertiary/aromatic N) is 2. The topological polar surface area (TPSA) is 59.0 Å². The number of sulfonamides is 1. The van der Waals surface area contributed by atoms with E-state index in [0.29, 0.717) is 37.0 Å². The monoisotopic (exact) mass is 364 g/mol. The van der Waals surface area contributed by atoms with Crippen LogP contribution in [0.15, 0.2) is 58.4 Å². The van der Waals surface area contributed by atoms with Gasteiger partial charge >= 0.3 is 0 Å². The normalized spacial score (nSPS) is 16.5. The van der Waals surface area contributed by atoms with Crippen LogP contribution in [0.25, 0.3) is 0 Å². The van der Waals surface area contributed by atoms with Crippen molar-refractivity contribution in [2.75, 3.05) is 26.3 Å². The van der Waals surface area contributed by atoms with E-state index in [-0.39, 0.29) is 4.90 Å². The van der Waals surface area contributed by atoms with Gasteiger partial charge in [0.25, 0.3) is 0 Å². The molecule has 7 heteroatoms. The van der Waals surface area contributed by atoms with Crippen molar-refractivity contribution in [3.63, 3.8) is 0 Å². The van der Waals surface area contributed by atoms with Gasteiger partial charge < -0.3 is 4.74 Å². The second-order valence-electron chi connectivity index (χ2n) is 5.32. The summed E-state index contributed by atoms with van der Waals surface area (Å²) < 4.78 is 31.7. The van der Waals surface area contributed by atoms with Crippen molar-refractivity contribution in [2.45, 2.75) is 4.90 Å². The Labute approximate surface area is 146 Å². The van der Waals surface area contributed by atoms with E-state index in [1.807, 2.05) is 12.1 Å². The van der Waals surface area contributed by atoms with Crippen molar-refractivity contribution in [3.05, 3.63) is 59.1 Å². The zero-order chi connectivity index (χ0) is 17.0. The Morgan fingerprint density at radius 1 is 1.00 bits per heavy atom. The molecule has 0 bridgehead atoms. The molecule has 2 aromatic carbocycles. The maximum atomic E-state index is 12.5. The average molecular weight is 365 g/mol. The predicted octanol–water partition coefficient (Wildman–Crippen LogP) is 3.11. The first-order valence-corrected chi connectivity index (χ1v) is 9.35. The van der Waals surface area contributed by atoms with Crippen LogP contribution >= 0.6 is 11.6 Å². The Morgan fingerprint density at radius 3 is 2.25 bits per heavy atom. The molecule has 3 rings (SSSR count). The minimum Gasteiger partial charge on any atom is -0.379 e. The maximum Gasteiger partial charge on any atom is 0.243 e. The van der Waals surface area contributed by atoms with Crippen LogP contribution in [0.3, 0.4) is 0 Å². The molecular weight excluding hydrogens is 348 g/mol. The molecule has 1 saturated heterocycles. The first-order valence-electron chi connectivity index (χ1n) is 7.53. The summed E-state index contributed by atoms with van der Waals surface area (Å²) in [6.45, 7) is 1.64. The van der Waals surface area contributed by atoms with Gasteiger partial charge in [-0.1, -0.05) is 23.7 Å². The zero-order valence-corrected chi connectivity index (χ0v) is 14.5. The number of hydrogen-bond acceptors (Lipinski definition) is 4. The Balaban J connectivity index is 1.74. The fourth-order valence-electron chi connectivity index (χ4n) is 2.34. The van der Waals surface area contributed by atoms with Crippen LogP contribution in [-0.2, 0) is 14.8 Å². The molecule has 0 amide bonds. The van der Waals surface area contributed by atoms with Crippen LogP contribution in [0.1, 0.15) is 5.56 Å². The number of rotatable bonds is 4. The highest BCUT2D eigenvalue weighted by atomic mass is 35.5. The highest BCUT2D eigenvalue weighted by Crippen LogP contribution is 2.21. The Hall–Kier alpha value is -1.73. The van der Waals surface area contributed by atoms with Gasteiger partial charge in [0.05, 0.1) is 23.8 Å². The molecule has 1 fully saturated rings. The molecule has 0 radical (unpaired) electrons. The van der Waals surface area contributed by atoms with Gasteiger partial charge in [-0.3, -0.25) is 4.99 Å². The van der Waals surface area contributed by atoms with Gasteiger partial charge in [-0.25, -0.2) is 8.42 Å². The van der Waals surface area contributed by atoms with E-state index in [1.165, 1.54) is 4.31 Å². The van der Waals surface area contributed by atoms with E-state index in [2.05, 4.69) is 4.99 Å². The third-order valence-corrected chi connectivity index (χ3v) is 5.84. The molecule has 24 heavy (non-hydrogen) atoms. The smallest absolute Gasteiger partial charge is 0.243 e. The molecule has 0 aliphatic carbocycles. The number of morpholine rings is 1. The van der Waals surface area contributed by atoms with Crippen LogP contribution in [0.5, 0.6) is 0 Å². The molecule has 5 nitrogen and oxygen atoms in total. The Morgan fingerprint density at radius 2 is 1.62 bits per heavy atom. The lowest BCUT2D eigenvalue weighted by Gasteiger charge is -2.26. The Bertz CT molecular complexity index is 812. The molecule has 0 N–H and O–H groups in total. The molecule has 2 aromatic rings. The van der Waals surface area contributed by atoms with Crippen molar-refractivity contribution in [1.82, 2.24) is 4.31 Å². The number of benzene rings is 2. The van der Waals surface area contributed by atoms with Gasteiger partial charge in [0, 0.05) is 24.3 Å². The molecule has 0 saturated carbocycles. The van der Waals surface area contributed by atoms with Crippen LogP contribution in [-0.4, -0.2) is 45.2 Å². The van der Waals surface area contributed by atoms with E-state index >= 15 is 0 Å². The molecular formula is C17H17ClN2O3S. The number of halogens is 1. The van der Waals surface area contributed by atoms with Crippen molar-refractivity contribution < 1.29 is 13.2 Å². The van der Waals surface area contributed by atoms with Gasteiger partial charge in [0.2, 0.25) is 10.0 Å². The van der Waals surface area contributed by atoms with E-state index in [9.17, 15) is 8.42 Å². The SMILES string of the molecule is O=S(=O)(c1ccc(N=Cc2ccc(Cl)cc2)cc1)N1CCOCC1. The average Bonchev–Trinajstić information content (AvgIpc) is 2.62. The van der Waals surface area contributed by atoms with E-state index in [4.69, 9.17) is 16.3 Å². The van der Waals surface area contributed by atoms with Gasteiger partial charge in [-0.15, -0.1) is 0 Å². The predicted molar refractivity (Wildman–Crippen MR) is 94.7 cm³/mol. The molecule has 1 aliphatic heterocycles. The third kappa shape index (κ3) is 4.02. The summed E-state index contributed by atoms with van der Waals surface area (Å²) in [5.74, 6) is 0. The van der Waals surface area contributed by atoms with E-state index in [0.717, 1.165) is 5.56 Å². The van der Waals surface area contributed by atoms with Gasteiger partial charge in [-0.05, 0) is 42.0 Å². The summed E-state index contributed by atoms with van der Waals surface area (Å²) in [5.41, 5.74) is 1.61. The lowest BCUT2D eigenvalue weighted by Crippen LogP contribution is -2.40. The standard InChI is InChI=1S/C17H17ClN2O3S/c18-15-3-1-14(2-4-15)13-19-16-5-7-17(8-6-16)24(21,22)20-9-11-23-12-10-20/h1-8,13H,9-12H2. The van der Waals surface area contributed by atoms with Crippen LogP contribution in [0.4, 0.5) is 5.69 Å². The molecule has 0 spiro atoms. The fourth-order valence-corrected chi connectivity index (χ4v) is 3.87. The summed E-state index contributed by atoms with van der Waals surface area (Å²) in [5, 5.41) is 0.671. The number of ether oxygens (including phenoxy) is 1. The van der Waals surface area contributed by atoms with E-state index in [1.54, 1.807) is 42.6 Å². The largest absolute Gasteiger partial charge is 0.379 e. The van der Waals surface area contributed by atoms with Crippen LogP contribution in [0.2, 0.25) is 5.02 Å². The van der Waals surface area contributed by atoms with E-state index < -0.39 is 10.0 Å². The Kier molecular flexibility index (Phi) is 5.30. The summed E-state index contributed by atoms with van der Waals surface area (Å²) >= 11 is 5.84. The third-order valence-electron chi connectivity index (χ3n) is 3.68. The second kappa shape index (κ2) is 7.44. The van der Waals surface area contributed by atoms with Crippen LogP contribution in [0, 0.1) is 0 Å². The van der Waals surface area contributed by atoms with Crippen LogP contribution < -0.4 is 0 Å². The van der Waals surface area contributed by atoms with Crippen molar-refractivity contribution in [1.29, 1.82) is 0 Å². The highest BCUT2D eigenvalue weighted by molar-refractivity contribution is 7.89. The number of hydrogen-bond donors (Lipinski definition) is 0. The molecule has 1 heterocycles. The summed E-state index contributed by atoms with van der Waals surface area (Å²) in [6.07, 6.45) is 1.71. The molecule has 0 atom stereocenters. The summed E-state index contributed by atoms with van der Waals surface area (Å²) in [7, 11) is -3.46. The first kappa shape index (κ1) is 17.1. The fraction of sp³-hybridized carbons (Fsp3) is 0.235. The maximum absolute atomic E-state index is 12.5. The van der Waals surface area contributed by atoms with Gasteiger partial charge in [0.1, 0.15) is 0 Å². The van der Waals surface area contributed by atoms with Gasteiger partial charge in [-0.2, -0.15) is 4.31 Å². The minimum atomic E-state index is -3.46. The molecule has 126 valence electrons. The zero-order valence-electron chi connectivity index (χ0n) is 12.9. The van der Waals surface area contributed by atoms with Crippen molar-refractivity contribution in [3.8, 4) is 0 Å². The quantitative estimate of drug-likeness (QED) is 0.783. The highest BCUT2D eigenvalue weighted by Gasteiger charge is 2.25. The van der Waals surface area contributed by atoms with Crippen molar-refractivity contribution in [2.24, 2.45) is 4.99 Å². The minimum absolute atomic E-state index is 0.273. The number of aliphatic imine (C=N–C) groups is 1.